The summed E-state index contributed by atoms with van der Waals surface area (Å²) < 4.78 is 26.8. The Morgan fingerprint density at radius 1 is 1.05 bits per heavy atom. The van der Waals surface area contributed by atoms with Crippen molar-refractivity contribution in [1.29, 1.82) is 0 Å². The number of nitrogens with two attached hydrogens (primary N) is 1. The second-order valence-electron chi connectivity index (χ2n) is 5.08. The second kappa shape index (κ2) is 6.19. The molecule has 0 spiro atoms. The van der Waals surface area contributed by atoms with E-state index >= 15 is 0 Å². The fourth-order valence-electron chi connectivity index (χ4n) is 2.13. The predicted octanol–water partition coefficient (Wildman–Crippen LogP) is 1.98. The topological polar surface area (TPSA) is 80.5 Å². The van der Waals surface area contributed by atoms with Crippen molar-refractivity contribution in [2.24, 2.45) is 5.73 Å². The van der Waals surface area contributed by atoms with Crippen molar-refractivity contribution in [3.63, 3.8) is 0 Å². The molecule has 2 aromatic carbocycles. The molecule has 0 saturated heterocycles. The lowest BCUT2D eigenvalue weighted by Gasteiger charge is -2.24. The van der Waals surface area contributed by atoms with Crippen LogP contribution in [0.1, 0.15) is 11.1 Å². The molecule has 0 aliphatic heterocycles. The Balaban J connectivity index is 2.56. The van der Waals surface area contributed by atoms with Gasteiger partial charge in [0.25, 0.3) is 10.0 Å². The van der Waals surface area contributed by atoms with Gasteiger partial charge < -0.3 is 5.73 Å². The van der Waals surface area contributed by atoms with E-state index in [9.17, 15) is 13.2 Å². The summed E-state index contributed by atoms with van der Waals surface area (Å²) in [4.78, 5) is 11.5. The Morgan fingerprint density at radius 3 is 2.18 bits per heavy atom. The van der Waals surface area contributed by atoms with Crippen LogP contribution in [-0.4, -0.2) is 20.9 Å². The summed E-state index contributed by atoms with van der Waals surface area (Å²) in [5.74, 6) is -0.710. The largest absolute Gasteiger partial charge is 0.368 e. The summed E-state index contributed by atoms with van der Waals surface area (Å²) in [6, 6.07) is 13.5. The molecule has 116 valence electrons. The number of aryl methyl sites for hydroxylation is 2. The number of rotatable bonds is 5. The van der Waals surface area contributed by atoms with Crippen molar-refractivity contribution in [2.45, 2.75) is 18.7 Å². The van der Waals surface area contributed by atoms with Gasteiger partial charge in [0, 0.05) is 0 Å². The van der Waals surface area contributed by atoms with Crippen LogP contribution in [0.3, 0.4) is 0 Å². The maximum absolute atomic E-state index is 12.9. The van der Waals surface area contributed by atoms with Gasteiger partial charge in [-0.05, 0) is 37.6 Å². The van der Waals surface area contributed by atoms with Crippen LogP contribution in [0.15, 0.2) is 53.4 Å². The fraction of sp³-hybridized carbons (Fsp3) is 0.188. The van der Waals surface area contributed by atoms with Crippen molar-refractivity contribution in [1.82, 2.24) is 0 Å². The lowest BCUT2D eigenvalue weighted by Crippen LogP contribution is -2.38. The van der Waals surface area contributed by atoms with Crippen LogP contribution in [0.5, 0.6) is 0 Å². The number of anilines is 1. The zero-order valence-electron chi connectivity index (χ0n) is 12.5. The Bertz CT molecular complexity index is 783. The van der Waals surface area contributed by atoms with E-state index in [0.717, 1.165) is 9.87 Å². The first kappa shape index (κ1) is 16.0. The maximum Gasteiger partial charge on any atom is 0.265 e. The number of hydrogen-bond acceptors (Lipinski definition) is 3. The van der Waals surface area contributed by atoms with Gasteiger partial charge in [-0.15, -0.1) is 0 Å². The van der Waals surface area contributed by atoms with Gasteiger partial charge in [0.05, 0.1) is 10.6 Å². The van der Waals surface area contributed by atoms with Gasteiger partial charge in [0.1, 0.15) is 6.54 Å². The van der Waals surface area contributed by atoms with Crippen LogP contribution in [0.2, 0.25) is 0 Å². The van der Waals surface area contributed by atoms with Gasteiger partial charge >= 0.3 is 0 Å². The molecule has 5 nitrogen and oxygen atoms in total. The monoisotopic (exact) mass is 318 g/mol. The van der Waals surface area contributed by atoms with Crippen molar-refractivity contribution in [3.8, 4) is 0 Å². The number of benzene rings is 2. The van der Waals surface area contributed by atoms with Crippen LogP contribution in [-0.2, 0) is 14.8 Å². The highest BCUT2D eigenvalue weighted by atomic mass is 32.2. The maximum atomic E-state index is 12.9. The minimum absolute atomic E-state index is 0.164. The molecule has 1 amide bonds. The molecular formula is C16H18N2O3S. The number of nitrogens with zero attached hydrogens (tertiary/aromatic N) is 1. The van der Waals surface area contributed by atoms with Gasteiger partial charge in [0.15, 0.2) is 0 Å². The van der Waals surface area contributed by atoms with Crippen molar-refractivity contribution >= 4 is 21.6 Å². The Morgan fingerprint density at radius 2 is 1.64 bits per heavy atom. The van der Waals surface area contributed by atoms with E-state index in [1.165, 1.54) is 6.07 Å². The molecule has 22 heavy (non-hydrogen) atoms. The normalized spacial score (nSPS) is 11.2. The highest BCUT2D eigenvalue weighted by Crippen LogP contribution is 2.25. The standard InChI is InChI=1S/C16H18N2O3S/c1-12-7-9-14(10-8-12)18(11-16(17)19)22(20,21)15-6-4-3-5-13(15)2/h3-10H,11H2,1-2H3,(H2,17,19). The zero-order chi connectivity index (χ0) is 16.3. The van der Waals surface area contributed by atoms with E-state index < -0.39 is 22.5 Å². The van der Waals surface area contributed by atoms with E-state index in [4.69, 9.17) is 5.73 Å². The molecular weight excluding hydrogens is 300 g/mol. The van der Waals surface area contributed by atoms with E-state index in [0.29, 0.717) is 11.3 Å². The van der Waals surface area contributed by atoms with Gasteiger partial charge in [-0.3, -0.25) is 9.10 Å². The lowest BCUT2D eigenvalue weighted by molar-refractivity contribution is -0.116. The molecule has 0 fully saturated rings. The smallest absolute Gasteiger partial charge is 0.265 e. The SMILES string of the molecule is Cc1ccc(N(CC(N)=O)S(=O)(=O)c2ccccc2C)cc1. The molecule has 0 aliphatic rings. The number of carbonyl (C=O) groups excluding carboxylic acids is 1. The van der Waals surface area contributed by atoms with Crippen LogP contribution < -0.4 is 10.0 Å². The first-order valence-corrected chi connectivity index (χ1v) is 8.19. The molecule has 6 heteroatoms. The molecule has 2 N–H and O–H groups in total. The van der Waals surface area contributed by atoms with Crippen molar-refractivity contribution < 1.29 is 13.2 Å². The molecule has 0 aliphatic carbocycles. The third kappa shape index (κ3) is 3.28. The van der Waals surface area contributed by atoms with Crippen LogP contribution >= 0.6 is 0 Å². The number of carbonyl (C=O) groups is 1. The average molecular weight is 318 g/mol. The number of sulfonamides is 1. The predicted molar refractivity (Wildman–Crippen MR) is 86.1 cm³/mol. The van der Waals surface area contributed by atoms with E-state index in [2.05, 4.69) is 0 Å². The lowest BCUT2D eigenvalue weighted by atomic mass is 10.2. The molecule has 2 aromatic rings. The van der Waals surface area contributed by atoms with E-state index in [1.807, 2.05) is 6.92 Å². The van der Waals surface area contributed by atoms with Gasteiger partial charge in [-0.1, -0.05) is 35.9 Å². The molecule has 0 unspecified atom stereocenters. The molecule has 0 bridgehead atoms. The molecule has 0 aromatic heterocycles. The first-order valence-electron chi connectivity index (χ1n) is 6.75. The summed E-state index contributed by atoms with van der Waals surface area (Å²) in [7, 11) is -3.86. The molecule has 0 heterocycles. The van der Waals surface area contributed by atoms with Crippen LogP contribution in [0, 0.1) is 13.8 Å². The highest BCUT2D eigenvalue weighted by Gasteiger charge is 2.27. The summed E-state index contributed by atoms with van der Waals surface area (Å²) in [6.07, 6.45) is 0. The minimum Gasteiger partial charge on any atom is -0.368 e. The van der Waals surface area contributed by atoms with Gasteiger partial charge in [-0.25, -0.2) is 8.42 Å². The molecule has 0 radical (unpaired) electrons. The Labute approximate surface area is 130 Å². The summed E-state index contributed by atoms with van der Waals surface area (Å²) in [5.41, 5.74) is 7.25. The molecule has 0 saturated carbocycles. The van der Waals surface area contributed by atoms with Crippen molar-refractivity contribution in [2.75, 3.05) is 10.8 Å². The average Bonchev–Trinajstić information content (AvgIpc) is 2.46. The van der Waals surface area contributed by atoms with Crippen LogP contribution in [0.4, 0.5) is 5.69 Å². The summed E-state index contributed by atoms with van der Waals surface area (Å²) in [6.45, 7) is 3.21. The van der Waals surface area contributed by atoms with E-state index in [1.54, 1.807) is 49.4 Å². The van der Waals surface area contributed by atoms with Gasteiger partial charge in [0.2, 0.25) is 5.91 Å². The Kier molecular flexibility index (Phi) is 4.51. The van der Waals surface area contributed by atoms with Crippen LogP contribution in [0.25, 0.3) is 0 Å². The highest BCUT2D eigenvalue weighted by molar-refractivity contribution is 7.93. The Hall–Kier alpha value is -2.34. The summed E-state index contributed by atoms with van der Waals surface area (Å²) >= 11 is 0. The third-order valence-corrected chi connectivity index (χ3v) is 5.22. The first-order chi connectivity index (χ1) is 10.3. The molecule has 2 rings (SSSR count). The zero-order valence-corrected chi connectivity index (χ0v) is 13.3. The summed E-state index contributed by atoms with van der Waals surface area (Å²) in [5, 5.41) is 0. The number of hydrogen-bond donors (Lipinski definition) is 1. The third-order valence-electron chi connectivity index (χ3n) is 3.28. The minimum atomic E-state index is -3.86. The van der Waals surface area contributed by atoms with E-state index in [-0.39, 0.29) is 4.90 Å². The van der Waals surface area contributed by atoms with Gasteiger partial charge in [-0.2, -0.15) is 0 Å². The second-order valence-corrected chi connectivity index (χ2v) is 6.91. The number of amides is 1. The fourth-order valence-corrected chi connectivity index (χ4v) is 3.79. The quantitative estimate of drug-likeness (QED) is 0.915. The molecule has 0 atom stereocenters. The number of primary amides is 1. The van der Waals surface area contributed by atoms with Crippen molar-refractivity contribution in [3.05, 3.63) is 59.7 Å².